The van der Waals surface area contributed by atoms with Crippen molar-refractivity contribution in [1.82, 2.24) is 20.4 Å². The number of aromatic nitrogens is 2. The predicted molar refractivity (Wildman–Crippen MR) is 113 cm³/mol. The van der Waals surface area contributed by atoms with Gasteiger partial charge in [-0.2, -0.15) is 5.10 Å². The number of aliphatic hydroxyl groups is 1. The van der Waals surface area contributed by atoms with Gasteiger partial charge in [0.05, 0.1) is 12.1 Å². The van der Waals surface area contributed by atoms with Crippen molar-refractivity contribution in [2.45, 2.75) is 51.1 Å². The molecule has 0 radical (unpaired) electrons. The molecule has 1 aliphatic rings. The van der Waals surface area contributed by atoms with Gasteiger partial charge in [0.2, 0.25) is 5.79 Å². The number of amides is 1. The van der Waals surface area contributed by atoms with Crippen LogP contribution in [-0.2, 0) is 19.1 Å². The molecule has 11 nitrogen and oxygen atoms in total. The summed E-state index contributed by atoms with van der Waals surface area (Å²) in [6, 6.07) is 7.48. The molecule has 32 heavy (non-hydrogen) atoms. The van der Waals surface area contributed by atoms with E-state index in [0.29, 0.717) is 18.7 Å². The van der Waals surface area contributed by atoms with Crippen molar-refractivity contribution in [3.63, 3.8) is 0 Å². The van der Waals surface area contributed by atoms with Crippen molar-refractivity contribution in [2.24, 2.45) is 0 Å². The molecular weight excluding hydrogens is 420 g/mol. The van der Waals surface area contributed by atoms with E-state index in [2.05, 4.69) is 20.5 Å². The number of ether oxygens (including phenoxy) is 2. The Kier molecular flexibility index (Phi) is 7.12. The Labute approximate surface area is 184 Å². The van der Waals surface area contributed by atoms with Crippen molar-refractivity contribution < 1.29 is 34.1 Å². The maximum absolute atomic E-state index is 12.9. The number of fused-ring (bicyclic) bond motifs is 1. The van der Waals surface area contributed by atoms with Gasteiger partial charge in [0.25, 0.3) is 5.91 Å². The Morgan fingerprint density at radius 2 is 2.06 bits per heavy atom. The summed E-state index contributed by atoms with van der Waals surface area (Å²) in [5.41, 5.74) is 1.28. The molecule has 3 atom stereocenters. The highest BCUT2D eigenvalue weighted by atomic mass is 16.7. The Hall–Kier alpha value is -3.02. The summed E-state index contributed by atoms with van der Waals surface area (Å²) in [7, 11) is 0. The summed E-state index contributed by atoms with van der Waals surface area (Å²) in [5, 5.41) is 30.0. The second-order valence-electron chi connectivity index (χ2n) is 8.30. The number of para-hydroxylation sites is 1. The number of carboxylic acids is 1. The van der Waals surface area contributed by atoms with E-state index in [0.717, 1.165) is 17.8 Å². The molecule has 3 rings (SSSR count). The molecule has 1 unspecified atom stereocenters. The van der Waals surface area contributed by atoms with Gasteiger partial charge in [0.15, 0.2) is 5.69 Å². The molecule has 1 saturated heterocycles. The summed E-state index contributed by atoms with van der Waals surface area (Å²) in [6.07, 6.45) is 0.589. The molecule has 0 bridgehead atoms. The van der Waals surface area contributed by atoms with Gasteiger partial charge in [-0.25, -0.2) is 9.59 Å². The maximum atomic E-state index is 12.9. The van der Waals surface area contributed by atoms with Crippen molar-refractivity contribution in [2.75, 3.05) is 19.8 Å². The van der Waals surface area contributed by atoms with Crippen LogP contribution in [0.5, 0.6) is 0 Å². The quantitative estimate of drug-likeness (QED) is 0.256. The van der Waals surface area contributed by atoms with Crippen LogP contribution in [0.25, 0.3) is 10.9 Å². The van der Waals surface area contributed by atoms with Gasteiger partial charge in [0, 0.05) is 37.0 Å². The number of hydrogen-bond donors (Lipinski definition) is 4. The minimum absolute atomic E-state index is 0.101. The van der Waals surface area contributed by atoms with Crippen LogP contribution < -0.4 is 10.6 Å². The van der Waals surface area contributed by atoms with Crippen molar-refractivity contribution in [3.8, 4) is 0 Å². The summed E-state index contributed by atoms with van der Waals surface area (Å²) in [4.78, 5) is 34.5. The zero-order valence-electron chi connectivity index (χ0n) is 18.2. The number of carbonyl (C=O) groups excluding carboxylic acids is 2. The average Bonchev–Trinajstić information content (AvgIpc) is 3.32. The van der Waals surface area contributed by atoms with E-state index in [1.165, 1.54) is 0 Å². The number of aliphatic carboxylic acids is 1. The van der Waals surface area contributed by atoms with Gasteiger partial charge in [-0.3, -0.25) is 9.48 Å². The number of hydrogen-bond acceptors (Lipinski definition) is 8. The molecule has 1 aliphatic heterocycles. The lowest BCUT2D eigenvalue weighted by molar-refractivity contribution is -0.223. The van der Waals surface area contributed by atoms with Crippen LogP contribution in [0.2, 0.25) is 0 Å². The van der Waals surface area contributed by atoms with Crippen molar-refractivity contribution >= 4 is 28.7 Å². The topological polar surface area (TPSA) is 152 Å². The second-order valence-corrected chi connectivity index (χ2v) is 8.30. The third kappa shape index (κ3) is 5.61. The summed E-state index contributed by atoms with van der Waals surface area (Å²) in [5.74, 6) is -5.67. The Morgan fingerprint density at radius 3 is 2.75 bits per heavy atom. The van der Waals surface area contributed by atoms with Gasteiger partial charge in [-0.05, 0) is 26.3 Å². The lowest BCUT2D eigenvalue weighted by atomic mass is 10.1. The SMILES string of the molecule is CC(C)n1nc(C(=O)N[C@@H]2CN[C@H](COCC(C)(O)OC(=O)C(=O)O)C2)c2ccccc21. The molecule has 11 heteroatoms. The van der Waals surface area contributed by atoms with Crippen LogP contribution >= 0.6 is 0 Å². The minimum atomic E-state index is -2.06. The zero-order valence-corrected chi connectivity index (χ0v) is 18.2. The normalized spacial score (nSPS) is 20.3. The fourth-order valence-electron chi connectivity index (χ4n) is 3.62. The highest BCUT2D eigenvalue weighted by Crippen LogP contribution is 2.22. The minimum Gasteiger partial charge on any atom is -0.473 e. The summed E-state index contributed by atoms with van der Waals surface area (Å²) >= 11 is 0. The molecule has 1 aromatic carbocycles. The second kappa shape index (κ2) is 9.63. The van der Waals surface area contributed by atoms with E-state index >= 15 is 0 Å². The largest absolute Gasteiger partial charge is 0.473 e. The van der Waals surface area contributed by atoms with Crippen LogP contribution in [-0.4, -0.2) is 75.5 Å². The Morgan fingerprint density at radius 1 is 1.34 bits per heavy atom. The maximum Gasteiger partial charge on any atom is 0.419 e. The molecule has 1 aromatic heterocycles. The molecule has 2 aromatic rings. The molecule has 2 heterocycles. The van der Waals surface area contributed by atoms with E-state index in [1.807, 2.05) is 42.8 Å². The molecule has 1 fully saturated rings. The van der Waals surface area contributed by atoms with E-state index in [1.54, 1.807) is 0 Å². The molecule has 0 spiro atoms. The van der Waals surface area contributed by atoms with Crippen LogP contribution in [0.15, 0.2) is 24.3 Å². The van der Waals surface area contributed by atoms with Gasteiger partial charge < -0.3 is 30.3 Å². The number of carboxylic acid groups (broad SMARTS) is 1. The first kappa shape index (κ1) is 23.6. The van der Waals surface area contributed by atoms with E-state index < -0.39 is 17.7 Å². The third-order valence-electron chi connectivity index (χ3n) is 5.05. The number of esters is 1. The van der Waals surface area contributed by atoms with Crippen LogP contribution in [0.4, 0.5) is 0 Å². The monoisotopic (exact) mass is 448 g/mol. The number of nitrogens with one attached hydrogen (secondary N) is 2. The summed E-state index contributed by atoms with van der Waals surface area (Å²) in [6.45, 7) is 5.48. The highest BCUT2D eigenvalue weighted by Gasteiger charge is 2.31. The average molecular weight is 448 g/mol. The lowest BCUT2D eigenvalue weighted by Gasteiger charge is -2.23. The predicted octanol–water partition coefficient (Wildman–Crippen LogP) is 0.430. The van der Waals surface area contributed by atoms with Gasteiger partial charge in [-0.15, -0.1) is 0 Å². The highest BCUT2D eigenvalue weighted by molar-refractivity contribution is 6.28. The smallest absolute Gasteiger partial charge is 0.419 e. The third-order valence-corrected chi connectivity index (χ3v) is 5.05. The standard InChI is InChI=1S/C21H28N4O7/c1-12(2)25-16-7-5-4-6-15(16)17(24-25)18(26)23-13-8-14(22-9-13)10-31-11-21(3,30)32-20(29)19(27)28/h4-7,12-14,22,30H,8-11H2,1-3H3,(H,23,26)(H,27,28)/t13-,14-,21?/m0/s1. The fraction of sp³-hybridized carbons (Fsp3) is 0.524. The fourth-order valence-corrected chi connectivity index (χ4v) is 3.62. The number of nitrogens with zero attached hydrogens (tertiary/aromatic N) is 2. The van der Waals surface area contributed by atoms with E-state index in [4.69, 9.17) is 9.84 Å². The van der Waals surface area contributed by atoms with Crippen molar-refractivity contribution in [1.29, 1.82) is 0 Å². The van der Waals surface area contributed by atoms with Crippen LogP contribution in [0.3, 0.4) is 0 Å². The number of benzene rings is 1. The number of carbonyl (C=O) groups is 3. The molecule has 1 amide bonds. The van der Waals surface area contributed by atoms with Gasteiger partial charge >= 0.3 is 11.9 Å². The first-order chi connectivity index (χ1) is 15.1. The van der Waals surface area contributed by atoms with Crippen LogP contribution in [0, 0.1) is 0 Å². The lowest BCUT2D eigenvalue weighted by Crippen LogP contribution is -2.40. The van der Waals surface area contributed by atoms with Gasteiger partial charge in [-0.1, -0.05) is 18.2 Å². The molecular formula is C21H28N4O7. The van der Waals surface area contributed by atoms with Crippen LogP contribution in [0.1, 0.15) is 43.7 Å². The molecule has 4 N–H and O–H groups in total. The number of rotatable bonds is 8. The van der Waals surface area contributed by atoms with E-state index in [9.17, 15) is 19.5 Å². The van der Waals surface area contributed by atoms with Gasteiger partial charge in [0.1, 0.15) is 6.61 Å². The molecule has 0 saturated carbocycles. The first-order valence-electron chi connectivity index (χ1n) is 10.4. The summed E-state index contributed by atoms with van der Waals surface area (Å²) < 4.78 is 11.7. The Bertz CT molecular complexity index is 1000. The first-order valence-corrected chi connectivity index (χ1v) is 10.4. The Balaban J connectivity index is 1.51. The molecule has 0 aliphatic carbocycles. The molecule has 174 valence electrons. The van der Waals surface area contributed by atoms with Crippen molar-refractivity contribution in [3.05, 3.63) is 30.0 Å². The zero-order chi connectivity index (χ0) is 23.5. The van der Waals surface area contributed by atoms with E-state index in [-0.39, 0.29) is 37.2 Å².